The third-order valence-electron chi connectivity index (χ3n) is 2.73. The van der Waals surface area contributed by atoms with Crippen molar-refractivity contribution in [1.82, 2.24) is 3.56 Å². The number of fused-ring (bicyclic) bond motifs is 1. The molecule has 1 nitrogen and oxygen atoms in total. The minimum atomic E-state index is 0.278. The molecule has 3 aromatic rings. The number of para-hydroxylation sites is 1. The molecule has 0 saturated heterocycles. The van der Waals surface area contributed by atoms with Crippen LogP contribution in [0.1, 0.15) is 5.56 Å². The molecule has 0 fully saturated rings. The Labute approximate surface area is 111 Å². The third-order valence-corrected chi connectivity index (χ3v) is 5.73. The minimum absolute atomic E-state index is 0.278. The number of benzene rings is 2. The standard InChI is InChI=1S/C14H11NSSe/c1-10-7-8-12-13(9-10)17-15(14(12)16)11-5-3-2-4-6-11/h2-9H,1H3. The van der Waals surface area contributed by atoms with Crippen molar-refractivity contribution in [3.05, 3.63) is 58.7 Å². The van der Waals surface area contributed by atoms with Crippen molar-refractivity contribution in [2.45, 2.75) is 6.92 Å². The van der Waals surface area contributed by atoms with Crippen LogP contribution in [-0.4, -0.2) is 18.3 Å². The molecule has 0 aliphatic rings. The summed E-state index contributed by atoms with van der Waals surface area (Å²) in [7, 11) is 0. The predicted molar refractivity (Wildman–Crippen MR) is 75.8 cm³/mol. The zero-order valence-electron chi connectivity index (χ0n) is 9.38. The Bertz CT molecular complexity index is 725. The number of rotatable bonds is 1. The van der Waals surface area contributed by atoms with E-state index >= 15 is 0 Å². The van der Waals surface area contributed by atoms with Gasteiger partial charge in [-0.1, -0.05) is 0 Å². The summed E-state index contributed by atoms with van der Waals surface area (Å²) in [6.45, 7) is 2.13. The van der Waals surface area contributed by atoms with Crippen LogP contribution in [0.2, 0.25) is 0 Å². The Morgan fingerprint density at radius 1 is 1.06 bits per heavy atom. The van der Waals surface area contributed by atoms with Crippen molar-refractivity contribution >= 4 is 36.6 Å². The molecule has 17 heavy (non-hydrogen) atoms. The first kappa shape index (κ1) is 11.0. The first-order valence-electron chi connectivity index (χ1n) is 5.44. The van der Waals surface area contributed by atoms with Crippen molar-refractivity contribution in [1.29, 1.82) is 0 Å². The average Bonchev–Trinajstić information content (AvgIpc) is 2.67. The van der Waals surface area contributed by atoms with Gasteiger partial charge in [0.15, 0.2) is 0 Å². The monoisotopic (exact) mass is 305 g/mol. The van der Waals surface area contributed by atoms with Gasteiger partial charge in [0.05, 0.1) is 0 Å². The van der Waals surface area contributed by atoms with E-state index in [9.17, 15) is 0 Å². The second kappa shape index (κ2) is 4.26. The van der Waals surface area contributed by atoms with Gasteiger partial charge in [0.25, 0.3) is 0 Å². The number of nitrogens with zero attached hydrogens (tertiary/aromatic N) is 1. The van der Waals surface area contributed by atoms with Gasteiger partial charge in [-0.05, 0) is 0 Å². The van der Waals surface area contributed by atoms with Gasteiger partial charge >= 0.3 is 112 Å². The second-order valence-corrected chi connectivity index (χ2v) is 6.48. The van der Waals surface area contributed by atoms with Crippen LogP contribution in [0, 0.1) is 11.6 Å². The third kappa shape index (κ3) is 1.91. The topological polar surface area (TPSA) is 4.93 Å². The number of aromatic nitrogens is 1. The Morgan fingerprint density at radius 2 is 1.82 bits per heavy atom. The van der Waals surface area contributed by atoms with E-state index < -0.39 is 0 Å². The van der Waals surface area contributed by atoms with E-state index in [4.69, 9.17) is 12.2 Å². The first-order valence-corrected chi connectivity index (χ1v) is 7.47. The molecule has 1 aromatic heterocycles. The van der Waals surface area contributed by atoms with Gasteiger partial charge in [0, 0.05) is 0 Å². The Kier molecular flexibility index (Phi) is 2.75. The van der Waals surface area contributed by atoms with Crippen LogP contribution in [-0.2, 0) is 0 Å². The molecule has 0 saturated carbocycles. The zero-order valence-corrected chi connectivity index (χ0v) is 11.9. The molecule has 2 aromatic carbocycles. The average molecular weight is 304 g/mol. The Hall–Kier alpha value is -1.15. The molecule has 1 heterocycles. The first-order chi connectivity index (χ1) is 8.25. The van der Waals surface area contributed by atoms with E-state index in [2.05, 4.69) is 53.0 Å². The van der Waals surface area contributed by atoms with Crippen LogP contribution in [0.15, 0.2) is 48.5 Å². The quantitative estimate of drug-likeness (QED) is 0.490. The SMILES string of the molecule is Cc1ccc2c(=S)n(-c3ccccc3)[se]c2c1. The van der Waals surface area contributed by atoms with Crippen molar-refractivity contribution in [2.24, 2.45) is 0 Å². The van der Waals surface area contributed by atoms with Crippen LogP contribution < -0.4 is 0 Å². The van der Waals surface area contributed by atoms with E-state index in [-0.39, 0.29) is 14.7 Å². The molecular formula is C14H11NSSe. The number of aryl methyl sites for hydroxylation is 1. The molecular weight excluding hydrogens is 293 g/mol. The fourth-order valence-electron chi connectivity index (χ4n) is 1.86. The number of hydrogen-bond donors (Lipinski definition) is 0. The Morgan fingerprint density at radius 3 is 2.59 bits per heavy atom. The normalized spacial score (nSPS) is 10.9. The maximum absolute atomic E-state index is 5.56. The van der Waals surface area contributed by atoms with E-state index in [1.54, 1.807) is 0 Å². The zero-order chi connectivity index (χ0) is 11.8. The summed E-state index contributed by atoms with van der Waals surface area (Å²) in [6, 6.07) is 16.9. The van der Waals surface area contributed by atoms with Gasteiger partial charge in [-0.3, -0.25) is 0 Å². The van der Waals surface area contributed by atoms with Gasteiger partial charge in [0.1, 0.15) is 0 Å². The van der Waals surface area contributed by atoms with Gasteiger partial charge in [-0.15, -0.1) is 0 Å². The van der Waals surface area contributed by atoms with E-state index in [1.807, 2.05) is 6.07 Å². The molecule has 84 valence electrons. The van der Waals surface area contributed by atoms with Crippen LogP contribution in [0.3, 0.4) is 0 Å². The molecule has 0 bridgehead atoms. The van der Waals surface area contributed by atoms with E-state index in [0.717, 1.165) is 4.64 Å². The molecule has 0 radical (unpaired) electrons. The summed E-state index contributed by atoms with van der Waals surface area (Å²) < 4.78 is 4.62. The van der Waals surface area contributed by atoms with E-state index in [0.29, 0.717) is 0 Å². The summed E-state index contributed by atoms with van der Waals surface area (Å²) in [4.78, 5) is 0. The number of hydrogen-bond acceptors (Lipinski definition) is 1. The van der Waals surface area contributed by atoms with Crippen LogP contribution >= 0.6 is 12.2 Å². The second-order valence-electron chi connectivity index (χ2n) is 4.03. The molecule has 0 unspecified atom stereocenters. The van der Waals surface area contributed by atoms with Crippen molar-refractivity contribution in [3.63, 3.8) is 0 Å². The van der Waals surface area contributed by atoms with Crippen molar-refractivity contribution < 1.29 is 0 Å². The molecule has 3 rings (SSSR count). The molecule has 0 amide bonds. The molecule has 0 N–H and O–H groups in total. The molecule has 0 aliphatic carbocycles. The molecule has 0 spiro atoms. The van der Waals surface area contributed by atoms with Crippen molar-refractivity contribution in [2.75, 3.05) is 0 Å². The van der Waals surface area contributed by atoms with Crippen LogP contribution in [0.25, 0.3) is 15.3 Å². The fraction of sp³-hybridized carbons (Fsp3) is 0.0714. The molecule has 0 aliphatic heterocycles. The van der Waals surface area contributed by atoms with Crippen molar-refractivity contribution in [3.8, 4) is 5.69 Å². The summed E-state index contributed by atoms with van der Waals surface area (Å²) in [5.74, 6) is 0. The van der Waals surface area contributed by atoms with Gasteiger partial charge in [0.2, 0.25) is 0 Å². The summed E-state index contributed by atoms with van der Waals surface area (Å²) in [6.07, 6.45) is 0. The fourth-order valence-corrected chi connectivity index (χ4v) is 4.81. The summed E-state index contributed by atoms with van der Waals surface area (Å²) >= 11 is 5.84. The maximum atomic E-state index is 5.56. The Balaban J connectivity index is 2.32. The van der Waals surface area contributed by atoms with Gasteiger partial charge in [-0.25, -0.2) is 0 Å². The molecule has 0 atom stereocenters. The predicted octanol–water partition coefficient (Wildman–Crippen LogP) is 3.73. The van der Waals surface area contributed by atoms with Crippen LogP contribution in [0.5, 0.6) is 0 Å². The van der Waals surface area contributed by atoms with Gasteiger partial charge < -0.3 is 0 Å². The van der Waals surface area contributed by atoms with Gasteiger partial charge in [-0.2, -0.15) is 0 Å². The summed E-state index contributed by atoms with van der Waals surface area (Å²) in [5, 5.41) is 1.23. The molecule has 3 heteroatoms. The summed E-state index contributed by atoms with van der Waals surface area (Å²) in [5.41, 5.74) is 2.51. The van der Waals surface area contributed by atoms with E-state index in [1.165, 1.54) is 20.9 Å². The van der Waals surface area contributed by atoms with Crippen LogP contribution in [0.4, 0.5) is 0 Å².